The Balaban J connectivity index is 2.09. The molecule has 0 heterocycles. The Kier molecular flexibility index (Phi) is 7.03. The van der Waals surface area contributed by atoms with Crippen molar-refractivity contribution in [1.29, 1.82) is 0 Å². The fourth-order valence-electron chi connectivity index (χ4n) is 2.07. The van der Waals surface area contributed by atoms with Crippen LogP contribution in [0.15, 0.2) is 35.4 Å². The van der Waals surface area contributed by atoms with E-state index < -0.39 is 0 Å². The third kappa shape index (κ3) is 4.69. The lowest BCUT2D eigenvalue weighted by atomic mass is 10.2. The fraction of sp³-hybridized carbons (Fsp3) is 0.235. The Morgan fingerprint density at radius 3 is 2.46 bits per heavy atom. The summed E-state index contributed by atoms with van der Waals surface area (Å²) in [6, 6.07) is 8.92. The lowest BCUT2D eigenvalue weighted by molar-refractivity contribution is 0.311. The molecule has 128 valence electrons. The van der Waals surface area contributed by atoms with E-state index in [2.05, 4.69) is 10.5 Å². The van der Waals surface area contributed by atoms with Gasteiger partial charge in [0.25, 0.3) is 0 Å². The molecule has 1 N–H and O–H groups in total. The fourth-order valence-corrected chi connectivity index (χ4v) is 2.90. The van der Waals surface area contributed by atoms with Gasteiger partial charge in [0, 0.05) is 15.6 Å². The maximum atomic E-state index is 6.20. The molecule has 2 rings (SSSR count). The molecule has 2 aromatic carbocycles. The summed E-state index contributed by atoms with van der Waals surface area (Å²) in [5, 5.41) is 5.81. The van der Waals surface area contributed by atoms with Crippen LogP contribution in [0.5, 0.6) is 11.5 Å². The smallest absolute Gasteiger partial charge is 0.179 e. The molecule has 0 aromatic heterocycles. The lowest BCUT2D eigenvalue weighted by Crippen LogP contribution is -2.07. The van der Waals surface area contributed by atoms with Crippen LogP contribution in [0.25, 0.3) is 0 Å². The first-order chi connectivity index (χ1) is 11.6. The number of hydrogen-bond donors (Lipinski definition) is 1. The van der Waals surface area contributed by atoms with E-state index in [0.29, 0.717) is 39.7 Å². The van der Waals surface area contributed by atoms with Crippen LogP contribution in [0.2, 0.25) is 15.1 Å². The van der Waals surface area contributed by atoms with Gasteiger partial charge in [0.2, 0.25) is 0 Å². The van der Waals surface area contributed by atoms with Crippen LogP contribution in [-0.4, -0.2) is 19.9 Å². The van der Waals surface area contributed by atoms with Gasteiger partial charge in [-0.25, -0.2) is 0 Å². The van der Waals surface area contributed by atoms with Gasteiger partial charge in [0.05, 0.1) is 31.5 Å². The molecule has 0 aliphatic heterocycles. The summed E-state index contributed by atoms with van der Waals surface area (Å²) in [5.74, 6) is 1.08. The number of methoxy groups -OCH3 is 1. The molecule has 0 bridgehead atoms. The molecule has 0 saturated carbocycles. The molecule has 0 aliphatic rings. The van der Waals surface area contributed by atoms with Crippen LogP contribution in [0.1, 0.15) is 18.1 Å². The maximum absolute atomic E-state index is 6.20. The average Bonchev–Trinajstić information content (AvgIpc) is 2.54. The van der Waals surface area contributed by atoms with E-state index in [1.54, 1.807) is 37.6 Å². The Labute approximate surface area is 156 Å². The largest absolute Gasteiger partial charge is 0.491 e. The summed E-state index contributed by atoms with van der Waals surface area (Å²) in [5.41, 5.74) is 4.49. The Morgan fingerprint density at radius 2 is 1.83 bits per heavy atom. The van der Waals surface area contributed by atoms with E-state index >= 15 is 0 Å². The van der Waals surface area contributed by atoms with Gasteiger partial charge in [-0.2, -0.15) is 5.10 Å². The van der Waals surface area contributed by atoms with E-state index in [1.165, 1.54) is 0 Å². The molecule has 7 heteroatoms. The van der Waals surface area contributed by atoms with Gasteiger partial charge in [0.15, 0.2) is 11.5 Å². The second kappa shape index (κ2) is 9.02. The van der Waals surface area contributed by atoms with Crippen LogP contribution in [-0.2, 0) is 6.54 Å². The molecule has 0 spiro atoms. The van der Waals surface area contributed by atoms with Gasteiger partial charge in [-0.15, -0.1) is 0 Å². The van der Waals surface area contributed by atoms with Crippen molar-refractivity contribution in [3.63, 3.8) is 0 Å². The van der Waals surface area contributed by atoms with E-state index in [0.717, 1.165) is 11.1 Å². The first-order valence-electron chi connectivity index (χ1n) is 7.26. The van der Waals surface area contributed by atoms with Crippen LogP contribution in [0, 0.1) is 0 Å². The number of ether oxygens (including phenoxy) is 2. The summed E-state index contributed by atoms with van der Waals surface area (Å²) in [6.07, 6.45) is 1.64. The zero-order valence-corrected chi connectivity index (χ0v) is 15.5. The lowest BCUT2D eigenvalue weighted by Gasteiger charge is -2.11. The summed E-state index contributed by atoms with van der Waals surface area (Å²) in [4.78, 5) is 0. The molecule has 0 saturated heterocycles. The second-order valence-electron chi connectivity index (χ2n) is 4.76. The molecule has 0 radical (unpaired) electrons. The SMILES string of the molecule is CCOc1cc(/C=N\NCc2c(Cl)cccc2Cl)cc(Cl)c1OC. The van der Waals surface area contributed by atoms with Gasteiger partial charge in [-0.05, 0) is 36.8 Å². The van der Waals surface area contributed by atoms with Gasteiger partial charge in [-0.3, -0.25) is 0 Å². The zero-order valence-electron chi connectivity index (χ0n) is 13.3. The molecule has 2 aromatic rings. The van der Waals surface area contributed by atoms with Crippen molar-refractivity contribution in [2.24, 2.45) is 5.10 Å². The predicted octanol–water partition coefficient (Wildman–Crippen LogP) is 5.18. The minimum Gasteiger partial charge on any atom is -0.491 e. The molecular formula is C17H17Cl3N2O2. The van der Waals surface area contributed by atoms with E-state index in [9.17, 15) is 0 Å². The summed E-state index contributed by atoms with van der Waals surface area (Å²) >= 11 is 18.4. The normalized spacial score (nSPS) is 10.9. The van der Waals surface area contributed by atoms with Gasteiger partial charge < -0.3 is 14.9 Å². The van der Waals surface area contributed by atoms with Gasteiger partial charge in [-0.1, -0.05) is 40.9 Å². The Bertz CT molecular complexity index is 716. The summed E-state index contributed by atoms with van der Waals surface area (Å²) in [6.45, 7) is 2.82. The Hall–Kier alpha value is -1.62. The first-order valence-corrected chi connectivity index (χ1v) is 8.39. The molecule has 24 heavy (non-hydrogen) atoms. The number of nitrogens with zero attached hydrogens (tertiary/aromatic N) is 1. The number of hydrogen-bond acceptors (Lipinski definition) is 4. The highest BCUT2D eigenvalue weighted by atomic mass is 35.5. The van der Waals surface area contributed by atoms with Crippen molar-refractivity contribution in [2.45, 2.75) is 13.5 Å². The third-order valence-electron chi connectivity index (χ3n) is 3.16. The quantitative estimate of drug-likeness (QED) is 0.526. The maximum Gasteiger partial charge on any atom is 0.179 e. The van der Waals surface area contributed by atoms with Crippen molar-refractivity contribution in [3.8, 4) is 11.5 Å². The molecule has 0 fully saturated rings. The molecule has 0 unspecified atom stereocenters. The highest BCUT2D eigenvalue weighted by Crippen LogP contribution is 2.35. The Morgan fingerprint density at radius 1 is 1.12 bits per heavy atom. The van der Waals surface area contributed by atoms with Crippen LogP contribution in [0.3, 0.4) is 0 Å². The van der Waals surface area contributed by atoms with Gasteiger partial charge >= 0.3 is 0 Å². The van der Waals surface area contributed by atoms with Gasteiger partial charge in [0.1, 0.15) is 0 Å². The highest BCUT2D eigenvalue weighted by molar-refractivity contribution is 6.36. The van der Waals surface area contributed by atoms with Crippen molar-refractivity contribution in [2.75, 3.05) is 13.7 Å². The number of benzene rings is 2. The zero-order chi connectivity index (χ0) is 17.5. The highest BCUT2D eigenvalue weighted by Gasteiger charge is 2.10. The average molecular weight is 388 g/mol. The summed E-state index contributed by atoms with van der Waals surface area (Å²) in [7, 11) is 1.55. The van der Waals surface area contributed by atoms with Crippen molar-refractivity contribution in [3.05, 3.63) is 56.5 Å². The van der Waals surface area contributed by atoms with Crippen molar-refractivity contribution in [1.82, 2.24) is 5.43 Å². The molecular weight excluding hydrogens is 371 g/mol. The second-order valence-corrected chi connectivity index (χ2v) is 5.98. The molecule has 0 atom stereocenters. The van der Waals surface area contributed by atoms with Crippen LogP contribution >= 0.6 is 34.8 Å². The number of hydrazone groups is 1. The number of nitrogens with one attached hydrogen (secondary N) is 1. The monoisotopic (exact) mass is 386 g/mol. The molecule has 0 aliphatic carbocycles. The van der Waals surface area contributed by atoms with Crippen LogP contribution < -0.4 is 14.9 Å². The summed E-state index contributed by atoms with van der Waals surface area (Å²) < 4.78 is 10.8. The van der Waals surface area contributed by atoms with E-state index in [4.69, 9.17) is 44.3 Å². The number of halogens is 3. The standard InChI is InChI=1S/C17H17Cl3N2O2/c1-3-24-16-8-11(7-15(20)17(16)23-2)9-21-22-10-12-13(18)5-4-6-14(12)19/h4-9,22H,3,10H2,1-2H3/b21-9-. The topological polar surface area (TPSA) is 42.8 Å². The molecule has 0 amide bonds. The number of rotatable bonds is 7. The van der Waals surface area contributed by atoms with Crippen molar-refractivity contribution < 1.29 is 9.47 Å². The molecule has 4 nitrogen and oxygen atoms in total. The first kappa shape index (κ1) is 18.7. The minimum atomic E-state index is 0.414. The predicted molar refractivity (Wildman–Crippen MR) is 100 cm³/mol. The van der Waals surface area contributed by atoms with E-state index in [1.807, 2.05) is 13.0 Å². The third-order valence-corrected chi connectivity index (χ3v) is 4.15. The van der Waals surface area contributed by atoms with E-state index in [-0.39, 0.29) is 0 Å². The van der Waals surface area contributed by atoms with Crippen molar-refractivity contribution >= 4 is 41.0 Å². The van der Waals surface area contributed by atoms with Crippen LogP contribution in [0.4, 0.5) is 0 Å². The minimum absolute atomic E-state index is 0.414.